The molecular formula is C9H10N6. The van der Waals surface area contributed by atoms with Gasteiger partial charge in [-0.25, -0.2) is 4.98 Å². The van der Waals surface area contributed by atoms with Crippen molar-refractivity contribution >= 4 is 22.9 Å². The fraction of sp³-hybridized carbons (Fsp3) is 0.222. The van der Waals surface area contributed by atoms with E-state index < -0.39 is 0 Å². The van der Waals surface area contributed by atoms with Gasteiger partial charge in [-0.1, -0.05) is 5.92 Å². The van der Waals surface area contributed by atoms with Gasteiger partial charge in [-0.05, 0) is 0 Å². The van der Waals surface area contributed by atoms with E-state index in [0.717, 1.165) is 5.52 Å². The first-order valence-corrected chi connectivity index (χ1v) is 4.33. The predicted octanol–water partition coefficient (Wildman–Crippen LogP) is 0.00450. The summed E-state index contributed by atoms with van der Waals surface area (Å²) in [5.74, 6) is 3.38. The number of fused-ring (bicyclic) bond motifs is 1. The van der Waals surface area contributed by atoms with Gasteiger partial charge in [0.1, 0.15) is 5.52 Å². The van der Waals surface area contributed by atoms with E-state index in [4.69, 9.17) is 12.2 Å². The lowest BCUT2D eigenvalue weighted by Gasteiger charge is -2.15. The van der Waals surface area contributed by atoms with Gasteiger partial charge in [0.15, 0.2) is 11.5 Å². The molecule has 0 aliphatic heterocycles. The number of hydrogen-bond acceptors (Lipinski definition) is 5. The molecule has 2 aromatic rings. The Balaban J connectivity index is 2.58. The van der Waals surface area contributed by atoms with Gasteiger partial charge in [-0.3, -0.25) is 0 Å². The zero-order chi connectivity index (χ0) is 10.8. The first kappa shape index (κ1) is 9.27. The summed E-state index contributed by atoms with van der Waals surface area (Å²) in [5, 5.41) is 0. The molecule has 0 aromatic carbocycles. The highest BCUT2D eigenvalue weighted by Crippen LogP contribution is 2.19. The molecule has 3 N–H and O–H groups in total. The Morgan fingerprint density at radius 3 is 3.13 bits per heavy atom. The molecule has 6 heteroatoms. The van der Waals surface area contributed by atoms with Crippen molar-refractivity contribution < 1.29 is 0 Å². The molecule has 0 unspecified atom stereocenters. The second kappa shape index (κ2) is 3.46. The SMILES string of the molecule is C#CCN(C)c1nc(N)nc2nc[nH]c12. The normalized spacial score (nSPS) is 10.1. The predicted molar refractivity (Wildman–Crippen MR) is 58.2 cm³/mol. The smallest absolute Gasteiger partial charge is 0.224 e. The monoisotopic (exact) mass is 202 g/mol. The zero-order valence-corrected chi connectivity index (χ0v) is 8.23. The van der Waals surface area contributed by atoms with Crippen molar-refractivity contribution in [3.8, 4) is 12.3 Å². The van der Waals surface area contributed by atoms with Gasteiger partial charge in [0.05, 0.1) is 12.9 Å². The third-order valence-electron chi connectivity index (χ3n) is 1.97. The second-order valence-corrected chi connectivity index (χ2v) is 3.07. The van der Waals surface area contributed by atoms with Crippen LogP contribution in [0.15, 0.2) is 6.33 Å². The van der Waals surface area contributed by atoms with Gasteiger partial charge in [0, 0.05) is 7.05 Å². The summed E-state index contributed by atoms with van der Waals surface area (Å²) >= 11 is 0. The average molecular weight is 202 g/mol. The molecular weight excluding hydrogens is 192 g/mol. The minimum atomic E-state index is 0.188. The minimum absolute atomic E-state index is 0.188. The van der Waals surface area contributed by atoms with Gasteiger partial charge in [-0.2, -0.15) is 9.97 Å². The molecule has 0 saturated carbocycles. The van der Waals surface area contributed by atoms with Gasteiger partial charge in [0.2, 0.25) is 5.95 Å². The number of nitrogen functional groups attached to an aromatic ring is 1. The van der Waals surface area contributed by atoms with E-state index >= 15 is 0 Å². The van der Waals surface area contributed by atoms with E-state index in [1.54, 1.807) is 11.2 Å². The Morgan fingerprint density at radius 2 is 2.40 bits per heavy atom. The highest BCUT2D eigenvalue weighted by atomic mass is 15.2. The van der Waals surface area contributed by atoms with Crippen molar-refractivity contribution in [3.05, 3.63) is 6.33 Å². The van der Waals surface area contributed by atoms with Crippen molar-refractivity contribution in [3.63, 3.8) is 0 Å². The van der Waals surface area contributed by atoms with Crippen LogP contribution in [-0.2, 0) is 0 Å². The molecule has 0 aliphatic rings. The molecule has 0 radical (unpaired) electrons. The second-order valence-electron chi connectivity index (χ2n) is 3.07. The first-order valence-electron chi connectivity index (χ1n) is 4.33. The summed E-state index contributed by atoms with van der Waals surface area (Å²) < 4.78 is 0. The molecule has 2 rings (SSSR count). The molecule has 0 amide bonds. The maximum atomic E-state index is 5.56. The van der Waals surface area contributed by atoms with Crippen molar-refractivity contribution in [2.24, 2.45) is 0 Å². The van der Waals surface area contributed by atoms with Crippen molar-refractivity contribution in [1.29, 1.82) is 0 Å². The lowest BCUT2D eigenvalue weighted by atomic mass is 10.4. The van der Waals surface area contributed by atoms with Crippen LogP contribution in [0.3, 0.4) is 0 Å². The summed E-state index contributed by atoms with van der Waals surface area (Å²) in [6.45, 7) is 0.449. The molecule has 0 fully saturated rings. The number of nitrogens with zero attached hydrogens (tertiary/aromatic N) is 4. The number of imidazole rings is 1. The van der Waals surface area contributed by atoms with Gasteiger partial charge >= 0.3 is 0 Å². The molecule has 15 heavy (non-hydrogen) atoms. The Bertz CT molecular complexity index is 523. The third kappa shape index (κ3) is 1.55. The zero-order valence-electron chi connectivity index (χ0n) is 8.23. The van der Waals surface area contributed by atoms with Gasteiger partial charge in [-0.15, -0.1) is 6.42 Å². The Labute approximate surface area is 86.5 Å². The van der Waals surface area contributed by atoms with Crippen molar-refractivity contribution in [2.75, 3.05) is 24.2 Å². The topological polar surface area (TPSA) is 83.7 Å². The summed E-state index contributed by atoms with van der Waals surface area (Å²) in [6.07, 6.45) is 6.78. The maximum Gasteiger partial charge on any atom is 0.224 e. The van der Waals surface area contributed by atoms with Crippen LogP contribution in [0.4, 0.5) is 11.8 Å². The van der Waals surface area contributed by atoms with E-state index in [1.807, 2.05) is 7.05 Å². The summed E-state index contributed by atoms with van der Waals surface area (Å²) in [5.41, 5.74) is 6.84. The number of aromatic amines is 1. The lowest BCUT2D eigenvalue weighted by Crippen LogP contribution is -2.19. The Kier molecular flexibility index (Phi) is 2.14. The van der Waals surface area contributed by atoms with Crippen LogP contribution in [0.5, 0.6) is 0 Å². The van der Waals surface area contributed by atoms with E-state index in [9.17, 15) is 0 Å². The molecule has 0 spiro atoms. The Morgan fingerprint density at radius 1 is 1.60 bits per heavy atom. The van der Waals surface area contributed by atoms with Crippen LogP contribution in [0.1, 0.15) is 0 Å². The number of nitrogens with two attached hydrogens (primary N) is 1. The largest absolute Gasteiger partial charge is 0.368 e. The number of nitrogens with one attached hydrogen (secondary N) is 1. The third-order valence-corrected chi connectivity index (χ3v) is 1.97. The standard InChI is InChI=1S/C9H10N6/c1-3-4-15(2)8-6-7(12-5-11-6)13-9(10)14-8/h1,5H,4H2,2H3,(H3,10,11,12,13,14). The quantitative estimate of drug-likeness (QED) is 0.670. The number of hydrogen-bond donors (Lipinski definition) is 2. The number of rotatable bonds is 2. The van der Waals surface area contributed by atoms with Crippen LogP contribution in [0, 0.1) is 12.3 Å². The number of H-pyrrole nitrogens is 1. The van der Waals surface area contributed by atoms with Crippen LogP contribution in [0.25, 0.3) is 11.2 Å². The highest BCUT2D eigenvalue weighted by molar-refractivity contribution is 5.84. The summed E-state index contributed by atoms with van der Waals surface area (Å²) in [7, 11) is 1.84. The molecule has 2 aromatic heterocycles. The number of aromatic nitrogens is 4. The Hall–Kier alpha value is -2.29. The van der Waals surface area contributed by atoms with Gasteiger partial charge < -0.3 is 15.6 Å². The van der Waals surface area contributed by atoms with E-state index in [-0.39, 0.29) is 5.95 Å². The maximum absolute atomic E-state index is 5.56. The fourth-order valence-corrected chi connectivity index (χ4v) is 1.32. The van der Waals surface area contributed by atoms with E-state index in [2.05, 4.69) is 25.9 Å². The lowest BCUT2D eigenvalue weighted by molar-refractivity contribution is 1.01. The molecule has 2 heterocycles. The van der Waals surface area contributed by atoms with Crippen LogP contribution in [0.2, 0.25) is 0 Å². The minimum Gasteiger partial charge on any atom is -0.368 e. The van der Waals surface area contributed by atoms with Crippen molar-refractivity contribution in [1.82, 2.24) is 19.9 Å². The average Bonchev–Trinajstić information content (AvgIpc) is 2.64. The molecule has 76 valence electrons. The fourth-order valence-electron chi connectivity index (χ4n) is 1.32. The van der Waals surface area contributed by atoms with Crippen LogP contribution in [-0.4, -0.2) is 33.5 Å². The van der Waals surface area contributed by atoms with E-state index in [1.165, 1.54) is 0 Å². The van der Waals surface area contributed by atoms with Crippen molar-refractivity contribution in [2.45, 2.75) is 0 Å². The highest BCUT2D eigenvalue weighted by Gasteiger charge is 2.11. The van der Waals surface area contributed by atoms with E-state index in [0.29, 0.717) is 18.0 Å². The molecule has 0 atom stereocenters. The number of anilines is 2. The molecule has 0 aliphatic carbocycles. The molecule has 6 nitrogen and oxygen atoms in total. The van der Waals surface area contributed by atoms with Crippen LogP contribution >= 0.6 is 0 Å². The van der Waals surface area contributed by atoms with Gasteiger partial charge in [0.25, 0.3) is 0 Å². The summed E-state index contributed by atoms with van der Waals surface area (Å²) in [4.78, 5) is 16.9. The van der Waals surface area contributed by atoms with Crippen LogP contribution < -0.4 is 10.6 Å². The molecule has 0 bridgehead atoms. The number of terminal acetylenes is 1. The first-order chi connectivity index (χ1) is 7.22. The molecule has 0 saturated heterocycles. The summed E-state index contributed by atoms with van der Waals surface area (Å²) in [6, 6.07) is 0.